The molecule has 0 atom stereocenters. The molecule has 2 aromatic carbocycles. The number of carbonyl (C=O) groups is 1. The van der Waals surface area contributed by atoms with Gasteiger partial charge < -0.3 is 9.47 Å². The molecule has 0 saturated carbocycles. The summed E-state index contributed by atoms with van der Waals surface area (Å²) in [6.45, 7) is 1.73. The third-order valence-electron chi connectivity index (χ3n) is 3.57. The van der Waals surface area contributed by atoms with Crippen LogP contribution in [0.25, 0.3) is 6.08 Å². The molecule has 0 aromatic heterocycles. The summed E-state index contributed by atoms with van der Waals surface area (Å²) in [5.41, 5.74) is 1.33. The summed E-state index contributed by atoms with van der Waals surface area (Å²) in [6, 6.07) is 7.74. The Kier molecular flexibility index (Phi) is 4.22. The Balaban J connectivity index is 1.85. The van der Waals surface area contributed by atoms with Crippen molar-refractivity contribution in [2.75, 3.05) is 6.79 Å². The van der Waals surface area contributed by atoms with Gasteiger partial charge in [-0.2, -0.15) is 0 Å². The second kappa shape index (κ2) is 6.33. The van der Waals surface area contributed by atoms with Crippen molar-refractivity contribution in [3.63, 3.8) is 0 Å². The molecule has 1 heterocycles. The fourth-order valence-electron chi connectivity index (χ4n) is 2.31. The number of nitrogens with zero attached hydrogens (tertiary/aromatic N) is 1. The smallest absolute Gasteiger partial charge is 0.273 e. The third kappa shape index (κ3) is 3.09. The Labute approximate surface area is 142 Å². The highest BCUT2D eigenvalue weighted by molar-refractivity contribution is 6.32. The molecule has 0 N–H and O–H groups in total. The molecule has 7 heteroatoms. The number of aryl methyl sites for hydroxylation is 1. The quantitative estimate of drug-likeness (QED) is 0.359. The molecular formula is C17H12ClNO5. The lowest BCUT2D eigenvalue weighted by atomic mass is 10.1. The SMILES string of the molecule is Cc1ccc(C(=O)/C=C/c2cc(Cl)c3c(c2)OCO3)cc1[N+](=O)[O-]. The molecule has 0 saturated heterocycles. The Morgan fingerprint density at radius 3 is 2.83 bits per heavy atom. The van der Waals surface area contributed by atoms with Crippen molar-refractivity contribution < 1.29 is 19.2 Å². The Hall–Kier alpha value is -2.86. The third-order valence-corrected chi connectivity index (χ3v) is 3.85. The van der Waals surface area contributed by atoms with Crippen LogP contribution in [0.1, 0.15) is 21.5 Å². The summed E-state index contributed by atoms with van der Waals surface area (Å²) in [5.74, 6) is 0.654. The topological polar surface area (TPSA) is 78.7 Å². The van der Waals surface area contributed by atoms with Crippen LogP contribution in [0.3, 0.4) is 0 Å². The van der Waals surface area contributed by atoms with Gasteiger partial charge in [-0.25, -0.2) is 0 Å². The molecule has 0 unspecified atom stereocenters. The first-order valence-electron chi connectivity index (χ1n) is 7.02. The summed E-state index contributed by atoms with van der Waals surface area (Å²) in [5, 5.41) is 11.3. The van der Waals surface area contributed by atoms with Crippen LogP contribution >= 0.6 is 11.6 Å². The van der Waals surface area contributed by atoms with Crippen LogP contribution in [0.4, 0.5) is 5.69 Å². The number of halogens is 1. The maximum atomic E-state index is 12.2. The van der Waals surface area contributed by atoms with Gasteiger partial charge in [0.1, 0.15) is 0 Å². The van der Waals surface area contributed by atoms with Gasteiger partial charge in [-0.05, 0) is 30.7 Å². The molecule has 0 fully saturated rings. The second-order valence-corrected chi connectivity index (χ2v) is 5.60. The number of carbonyl (C=O) groups excluding carboxylic acids is 1. The number of fused-ring (bicyclic) bond motifs is 1. The van der Waals surface area contributed by atoms with E-state index in [1.54, 1.807) is 37.3 Å². The van der Waals surface area contributed by atoms with Crippen LogP contribution in [-0.2, 0) is 0 Å². The number of hydrogen-bond acceptors (Lipinski definition) is 5. The predicted octanol–water partition coefficient (Wildman–Crippen LogP) is 4.18. The van der Waals surface area contributed by atoms with Gasteiger partial charge in [0.25, 0.3) is 5.69 Å². The number of ketones is 1. The Bertz CT molecular complexity index is 876. The molecule has 0 radical (unpaired) electrons. The van der Waals surface area contributed by atoms with Crippen molar-refractivity contribution in [3.8, 4) is 11.5 Å². The van der Waals surface area contributed by atoms with Gasteiger partial charge in [0.15, 0.2) is 17.3 Å². The first kappa shape index (κ1) is 16.0. The highest BCUT2D eigenvalue weighted by Crippen LogP contribution is 2.40. The summed E-state index contributed by atoms with van der Waals surface area (Å²) < 4.78 is 10.5. The van der Waals surface area contributed by atoms with Crippen molar-refractivity contribution in [2.45, 2.75) is 6.92 Å². The molecule has 3 rings (SSSR count). The highest BCUT2D eigenvalue weighted by Gasteiger charge is 2.18. The zero-order valence-electron chi connectivity index (χ0n) is 12.6. The van der Waals surface area contributed by atoms with Crippen LogP contribution in [0.2, 0.25) is 5.02 Å². The first-order valence-corrected chi connectivity index (χ1v) is 7.40. The highest BCUT2D eigenvalue weighted by atomic mass is 35.5. The van der Waals surface area contributed by atoms with Gasteiger partial charge in [0.05, 0.1) is 9.95 Å². The minimum atomic E-state index is -0.507. The second-order valence-electron chi connectivity index (χ2n) is 5.19. The van der Waals surface area contributed by atoms with E-state index >= 15 is 0 Å². The van der Waals surface area contributed by atoms with E-state index in [4.69, 9.17) is 21.1 Å². The molecule has 0 bridgehead atoms. The van der Waals surface area contributed by atoms with Crippen LogP contribution in [0.5, 0.6) is 11.5 Å². The lowest BCUT2D eigenvalue weighted by Crippen LogP contribution is -1.98. The van der Waals surface area contributed by atoms with Gasteiger partial charge in [-0.15, -0.1) is 0 Å². The Morgan fingerprint density at radius 1 is 1.29 bits per heavy atom. The lowest BCUT2D eigenvalue weighted by molar-refractivity contribution is -0.385. The standard InChI is InChI=1S/C17H12ClNO5/c1-10-2-4-12(8-14(10)19(21)22)15(20)5-3-11-6-13(18)17-16(7-11)23-9-24-17/h2-8H,9H2,1H3/b5-3+. The molecule has 6 nitrogen and oxygen atoms in total. The van der Waals surface area contributed by atoms with Gasteiger partial charge in [0, 0.05) is 17.2 Å². The fourth-order valence-corrected chi connectivity index (χ4v) is 2.58. The van der Waals surface area contributed by atoms with E-state index in [0.717, 1.165) is 0 Å². The molecule has 122 valence electrons. The lowest BCUT2D eigenvalue weighted by Gasteiger charge is -2.02. The van der Waals surface area contributed by atoms with Crippen LogP contribution in [0.15, 0.2) is 36.4 Å². The van der Waals surface area contributed by atoms with Crippen LogP contribution < -0.4 is 9.47 Å². The molecule has 1 aliphatic heterocycles. The summed E-state index contributed by atoms with van der Waals surface area (Å²) in [7, 11) is 0. The number of nitro groups is 1. The first-order chi connectivity index (χ1) is 11.5. The number of allylic oxidation sites excluding steroid dienone is 1. The van der Waals surface area contributed by atoms with Crippen LogP contribution in [0, 0.1) is 17.0 Å². The number of hydrogen-bond donors (Lipinski definition) is 0. The minimum absolute atomic E-state index is 0.0830. The predicted molar refractivity (Wildman–Crippen MR) is 88.8 cm³/mol. The van der Waals surface area contributed by atoms with Crippen molar-refractivity contribution in [2.24, 2.45) is 0 Å². The van der Waals surface area contributed by atoms with Crippen molar-refractivity contribution in [3.05, 3.63) is 68.2 Å². The van der Waals surface area contributed by atoms with Gasteiger partial charge in [-0.3, -0.25) is 14.9 Å². The average Bonchev–Trinajstić information content (AvgIpc) is 3.02. The maximum absolute atomic E-state index is 12.2. The number of benzene rings is 2. The summed E-state index contributed by atoms with van der Waals surface area (Å²) in [6.07, 6.45) is 2.91. The molecule has 2 aromatic rings. The number of nitro benzene ring substituents is 1. The van der Waals surface area contributed by atoms with Crippen molar-refractivity contribution in [1.29, 1.82) is 0 Å². The van der Waals surface area contributed by atoms with E-state index in [-0.39, 0.29) is 23.8 Å². The zero-order valence-corrected chi connectivity index (χ0v) is 13.4. The molecule has 0 aliphatic carbocycles. The molecule has 1 aliphatic rings. The Morgan fingerprint density at radius 2 is 2.08 bits per heavy atom. The van der Waals surface area contributed by atoms with E-state index in [0.29, 0.717) is 27.6 Å². The number of rotatable bonds is 4. The molecular weight excluding hydrogens is 334 g/mol. The van der Waals surface area contributed by atoms with E-state index in [1.807, 2.05) is 0 Å². The van der Waals surface area contributed by atoms with Gasteiger partial charge in [0.2, 0.25) is 6.79 Å². The maximum Gasteiger partial charge on any atom is 0.273 e. The van der Waals surface area contributed by atoms with Gasteiger partial charge in [-0.1, -0.05) is 29.8 Å². The average molecular weight is 346 g/mol. The molecule has 0 spiro atoms. The normalized spacial score (nSPS) is 12.6. The monoisotopic (exact) mass is 345 g/mol. The van der Waals surface area contributed by atoms with Crippen molar-refractivity contribution in [1.82, 2.24) is 0 Å². The van der Waals surface area contributed by atoms with E-state index in [2.05, 4.69) is 0 Å². The molecule has 24 heavy (non-hydrogen) atoms. The largest absolute Gasteiger partial charge is 0.454 e. The molecule has 0 amide bonds. The van der Waals surface area contributed by atoms with E-state index in [1.165, 1.54) is 12.1 Å². The number of ether oxygens (including phenoxy) is 2. The van der Waals surface area contributed by atoms with Crippen LogP contribution in [-0.4, -0.2) is 17.5 Å². The summed E-state index contributed by atoms with van der Waals surface area (Å²) >= 11 is 6.08. The zero-order chi connectivity index (χ0) is 17.3. The van der Waals surface area contributed by atoms with E-state index in [9.17, 15) is 14.9 Å². The van der Waals surface area contributed by atoms with Gasteiger partial charge >= 0.3 is 0 Å². The summed E-state index contributed by atoms with van der Waals surface area (Å²) in [4.78, 5) is 22.7. The van der Waals surface area contributed by atoms with Crippen molar-refractivity contribution >= 4 is 29.1 Å². The van der Waals surface area contributed by atoms with E-state index < -0.39 is 4.92 Å². The fraction of sp³-hybridized carbons (Fsp3) is 0.118. The minimum Gasteiger partial charge on any atom is -0.454 e.